The van der Waals surface area contributed by atoms with Crippen LogP contribution in [0.4, 0.5) is 0 Å². The highest BCUT2D eigenvalue weighted by Gasteiger charge is 2.27. The van der Waals surface area contributed by atoms with Crippen LogP contribution in [0.5, 0.6) is 0 Å². The van der Waals surface area contributed by atoms with E-state index in [0.717, 1.165) is 17.3 Å². The third-order valence-corrected chi connectivity index (χ3v) is 2.91. The first-order chi connectivity index (χ1) is 7.15. The Hall–Kier alpha value is -0.940. The van der Waals surface area contributed by atoms with E-state index in [9.17, 15) is 4.79 Å². The van der Waals surface area contributed by atoms with Gasteiger partial charge in [0.25, 0.3) is 5.91 Å². The predicted molar refractivity (Wildman–Crippen MR) is 60.4 cm³/mol. The first-order valence-electron chi connectivity index (χ1n) is 4.82. The van der Waals surface area contributed by atoms with Gasteiger partial charge in [0.2, 0.25) is 0 Å². The highest BCUT2D eigenvalue weighted by Crippen LogP contribution is 2.18. The van der Waals surface area contributed by atoms with Crippen molar-refractivity contribution in [3.63, 3.8) is 0 Å². The molecule has 1 saturated carbocycles. The van der Waals surface area contributed by atoms with Crippen molar-refractivity contribution in [2.45, 2.75) is 24.9 Å². The average molecular weight is 270 g/mol. The Morgan fingerprint density at radius 3 is 2.87 bits per heavy atom. The molecule has 0 atom stereocenters. The van der Waals surface area contributed by atoms with E-state index in [1.807, 2.05) is 0 Å². The van der Waals surface area contributed by atoms with Gasteiger partial charge in [-0.05, 0) is 34.8 Å². The highest BCUT2D eigenvalue weighted by atomic mass is 79.9. The zero-order valence-electron chi connectivity index (χ0n) is 8.11. The van der Waals surface area contributed by atoms with Gasteiger partial charge in [-0.15, -0.1) is 0 Å². The van der Waals surface area contributed by atoms with Crippen molar-refractivity contribution in [2.24, 2.45) is 5.73 Å². The monoisotopic (exact) mass is 269 g/mol. The first kappa shape index (κ1) is 10.6. The van der Waals surface area contributed by atoms with Crippen molar-refractivity contribution in [3.05, 3.63) is 28.5 Å². The summed E-state index contributed by atoms with van der Waals surface area (Å²) in [7, 11) is 0. The van der Waals surface area contributed by atoms with Crippen molar-refractivity contribution < 1.29 is 4.79 Å². The van der Waals surface area contributed by atoms with E-state index in [0.29, 0.717) is 5.56 Å². The molecule has 1 aromatic heterocycles. The molecule has 1 heterocycles. The third kappa shape index (κ3) is 2.54. The second-order valence-corrected chi connectivity index (χ2v) is 4.71. The van der Waals surface area contributed by atoms with Gasteiger partial charge < -0.3 is 11.1 Å². The second kappa shape index (κ2) is 4.28. The van der Waals surface area contributed by atoms with Gasteiger partial charge >= 0.3 is 0 Å². The fourth-order valence-corrected chi connectivity index (χ4v) is 1.95. The standard InChI is InChI=1S/C10H12BrN3O/c11-7-1-6(4-13-5-7)10(15)14-9-2-8(12)3-9/h1,4-5,8-9H,2-3,12H2,(H,14,15). The summed E-state index contributed by atoms with van der Waals surface area (Å²) in [5.41, 5.74) is 6.21. The third-order valence-electron chi connectivity index (χ3n) is 2.48. The Balaban J connectivity index is 1.96. The number of aromatic nitrogens is 1. The average Bonchev–Trinajstić information content (AvgIpc) is 2.15. The molecule has 0 saturated heterocycles. The summed E-state index contributed by atoms with van der Waals surface area (Å²) in [4.78, 5) is 15.6. The van der Waals surface area contributed by atoms with Gasteiger partial charge in [0.15, 0.2) is 0 Å². The number of carbonyl (C=O) groups excluding carboxylic acids is 1. The number of hydrogen-bond acceptors (Lipinski definition) is 3. The van der Waals surface area contributed by atoms with Crippen LogP contribution >= 0.6 is 15.9 Å². The van der Waals surface area contributed by atoms with E-state index in [4.69, 9.17) is 5.73 Å². The molecule has 15 heavy (non-hydrogen) atoms. The maximum absolute atomic E-state index is 11.7. The summed E-state index contributed by atoms with van der Waals surface area (Å²) in [5.74, 6) is -0.0827. The fourth-order valence-electron chi connectivity index (χ4n) is 1.58. The molecule has 0 unspecified atom stereocenters. The summed E-state index contributed by atoms with van der Waals surface area (Å²) in [6, 6.07) is 2.23. The summed E-state index contributed by atoms with van der Waals surface area (Å²) < 4.78 is 0.806. The van der Waals surface area contributed by atoms with Gasteiger partial charge in [-0.25, -0.2) is 0 Å². The molecule has 1 aromatic rings. The Morgan fingerprint density at radius 1 is 1.53 bits per heavy atom. The first-order valence-corrected chi connectivity index (χ1v) is 5.61. The van der Waals surface area contributed by atoms with E-state index in [2.05, 4.69) is 26.2 Å². The molecule has 0 radical (unpaired) electrons. The number of pyridine rings is 1. The molecule has 1 aliphatic rings. The van der Waals surface area contributed by atoms with Crippen LogP contribution in [0.15, 0.2) is 22.9 Å². The molecule has 2 rings (SSSR count). The van der Waals surface area contributed by atoms with Crippen LogP contribution in [-0.2, 0) is 0 Å². The van der Waals surface area contributed by atoms with E-state index in [1.54, 1.807) is 18.5 Å². The minimum Gasteiger partial charge on any atom is -0.349 e. The minimum atomic E-state index is -0.0827. The van der Waals surface area contributed by atoms with Crippen LogP contribution in [0, 0.1) is 0 Å². The van der Waals surface area contributed by atoms with E-state index in [1.165, 1.54) is 0 Å². The number of hydrogen-bond donors (Lipinski definition) is 2. The molecule has 5 heteroatoms. The van der Waals surface area contributed by atoms with Crippen molar-refractivity contribution >= 4 is 21.8 Å². The fraction of sp³-hybridized carbons (Fsp3) is 0.400. The zero-order chi connectivity index (χ0) is 10.8. The van der Waals surface area contributed by atoms with Crippen molar-refractivity contribution in [1.29, 1.82) is 0 Å². The maximum Gasteiger partial charge on any atom is 0.253 e. The van der Waals surface area contributed by atoms with Gasteiger partial charge in [-0.3, -0.25) is 9.78 Å². The molecule has 1 amide bonds. The molecule has 0 spiro atoms. The Bertz CT molecular complexity index is 377. The molecule has 0 aliphatic heterocycles. The molecule has 0 bridgehead atoms. The number of amides is 1. The summed E-state index contributed by atoms with van der Waals surface area (Å²) in [5, 5.41) is 2.91. The van der Waals surface area contributed by atoms with E-state index in [-0.39, 0.29) is 18.0 Å². The predicted octanol–water partition coefficient (Wildman–Crippen LogP) is 1.06. The molecule has 1 aliphatic carbocycles. The molecule has 4 nitrogen and oxygen atoms in total. The SMILES string of the molecule is NC1CC(NC(=O)c2cncc(Br)c2)C1. The molecular formula is C10H12BrN3O. The van der Waals surface area contributed by atoms with Crippen LogP contribution in [-0.4, -0.2) is 23.0 Å². The number of nitrogens with zero attached hydrogens (tertiary/aromatic N) is 1. The van der Waals surface area contributed by atoms with E-state index < -0.39 is 0 Å². The minimum absolute atomic E-state index is 0.0827. The summed E-state index contributed by atoms with van der Waals surface area (Å²) in [6.45, 7) is 0. The molecule has 0 aromatic carbocycles. The number of nitrogens with one attached hydrogen (secondary N) is 1. The van der Waals surface area contributed by atoms with Crippen molar-refractivity contribution in [2.75, 3.05) is 0 Å². The van der Waals surface area contributed by atoms with E-state index >= 15 is 0 Å². The van der Waals surface area contributed by atoms with Crippen LogP contribution in [0.3, 0.4) is 0 Å². The van der Waals surface area contributed by atoms with Crippen LogP contribution in [0.1, 0.15) is 23.2 Å². The highest BCUT2D eigenvalue weighted by molar-refractivity contribution is 9.10. The molecular weight excluding hydrogens is 258 g/mol. The summed E-state index contributed by atoms with van der Waals surface area (Å²) >= 11 is 3.27. The number of carbonyl (C=O) groups is 1. The number of rotatable bonds is 2. The Kier molecular flexibility index (Phi) is 3.02. The van der Waals surface area contributed by atoms with Gasteiger partial charge in [0.1, 0.15) is 0 Å². The van der Waals surface area contributed by atoms with Gasteiger partial charge in [-0.2, -0.15) is 0 Å². The van der Waals surface area contributed by atoms with Crippen LogP contribution in [0.25, 0.3) is 0 Å². The lowest BCUT2D eigenvalue weighted by atomic mass is 9.87. The normalized spacial score (nSPS) is 24.4. The Labute approximate surface area is 96.4 Å². The Morgan fingerprint density at radius 2 is 2.27 bits per heavy atom. The van der Waals surface area contributed by atoms with Gasteiger partial charge in [0.05, 0.1) is 5.56 Å². The summed E-state index contributed by atoms with van der Waals surface area (Å²) in [6.07, 6.45) is 4.94. The molecule has 3 N–H and O–H groups in total. The second-order valence-electron chi connectivity index (χ2n) is 3.79. The van der Waals surface area contributed by atoms with Gasteiger partial charge in [0, 0.05) is 29.0 Å². The van der Waals surface area contributed by atoms with Crippen molar-refractivity contribution in [3.8, 4) is 0 Å². The number of nitrogens with two attached hydrogens (primary N) is 1. The lowest BCUT2D eigenvalue weighted by Gasteiger charge is -2.32. The topological polar surface area (TPSA) is 68.0 Å². The van der Waals surface area contributed by atoms with Crippen molar-refractivity contribution in [1.82, 2.24) is 10.3 Å². The zero-order valence-corrected chi connectivity index (χ0v) is 9.70. The van der Waals surface area contributed by atoms with Crippen LogP contribution < -0.4 is 11.1 Å². The largest absolute Gasteiger partial charge is 0.349 e. The molecule has 80 valence electrons. The lowest BCUT2D eigenvalue weighted by molar-refractivity contribution is 0.0910. The quantitative estimate of drug-likeness (QED) is 0.844. The lowest BCUT2D eigenvalue weighted by Crippen LogP contribution is -2.50. The number of halogens is 1. The maximum atomic E-state index is 11.7. The van der Waals surface area contributed by atoms with Crippen LogP contribution in [0.2, 0.25) is 0 Å². The van der Waals surface area contributed by atoms with Gasteiger partial charge in [-0.1, -0.05) is 0 Å². The smallest absolute Gasteiger partial charge is 0.253 e. The molecule has 1 fully saturated rings.